The molecule has 1 fully saturated rings. The lowest BCUT2D eigenvalue weighted by molar-refractivity contribution is 0.0674. The number of amides is 1. The third kappa shape index (κ3) is 2.31. The lowest BCUT2D eigenvalue weighted by atomic mass is 10.00. The first-order chi connectivity index (χ1) is 7.31. The summed E-state index contributed by atoms with van der Waals surface area (Å²) in [4.78, 5) is 13.7. The highest BCUT2D eigenvalue weighted by atomic mass is 35.5. The predicted octanol–water partition coefficient (Wildman–Crippen LogP) is 1.77. The van der Waals surface area contributed by atoms with Crippen LogP contribution in [0, 0.1) is 5.92 Å². The van der Waals surface area contributed by atoms with Crippen LogP contribution in [-0.4, -0.2) is 34.9 Å². The zero-order chi connectivity index (χ0) is 10.7. The minimum absolute atomic E-state index is 0.0569. The molecular formula is C10H13ClN2O2. The van der Waals surface area contributed by atoms with E-state index in [9.17, 15) is 4.79 Å². The van der Waals surface area contributed by atoms with Gasteiger partial charge in [0.1, 0.15) is 6.26 Å². The predicted molar refractivity (Wildman–Crippen MR) is 55.9 cm³/mol. The maximum absolute atomic E-state index is 11.9. The zero-order valence-electron chi connectivity index (χ0n) is 8.36. The number of nitrogens with zero attached hydrogens (tertiary/aromatic N) is 2. The van der Waals surface area contributed by atoms with Crippen LogP contribution in [0.2, 0.25) is 0 Å². The number of aromatic nitrogens is 1. The van der Waals surface area contributed by atoms with Gasteiger partial charge in [0.2, 0.25) is 0 Å². The highest BCUT2D eigenvalue weighted by Gasteiger charge is 2.25. The molecule has 2 heterocycles. The second kappa shape index (κ2) is 4.66. The van der Waals surface area contributed by atoms with Gasteiger partial charge in [-0.15, -0.1) is 11.6 Å². The number of piperidine rings is 1. The first-order valence-corrected chi connectivity index (χ1v) is 5.60. The Labute approximate surface area is 93.2 Å². The van der Waals surface area contributed by atoms with Crippen molar-refractivity contribution in [3.8, 4) is 0 Å². The van der Waals surface area contributed by atoms with Crippen LogP contribution in [0.15, 0.2) is 16.9 Å². The second-order valence-corrected chi connectivity index (χ2v) is 4.11. The Morgan fingerprint density at radius 2 is 2.60 bits per heavy atom. The van der Waals surface area contributed by atoms with Gasteiger partial charge in [-0.1, -0.05) is 5.16 Å². The van der Waals surface area contributed by atoms with Crippen molar-refractivity contribution in [2.24, 2.45) is 5.92 Å². The van der Waals surface area contributed by atoms with Crippen LogP contribution in [0.1, 0.15) is 23.3 Å². The van der Waals surface area contributed by atoms with Crippen molar-refractivity contribution in [2.45, 2.75) is 12.8 Å². The molecule has 5 heteroatoms. The molecule has 1 aromatic heterocycles. The Morgan fingerprint density at radius 1 is 1.73 bits per heavy atom. The van der Waals surface area contributed by atoms with Crippen LogP contribution < -0.4 is 0 Å². The quantitative estimate of drug-likeness (QED) is 0.725. The summed E-state index contributed by atoms with van der Waals surface area (Å²) in [7, 11) is 0. The average Bonchev–Trinajstić information content (AvgIpc) is 2.81. The van der Waals surface area contributed by atoms with Crippen molar-refractivity contribution in [3.05, 3.63) is 18.0 Å². The minimum Gasteiger partial charge on any atom is -0.364 e. The van der Waals surface area contributed by atoms with Gasteiger partial charge in [0.25, 0.3) is 5.91 Å². The first-order valence-electron chi connectivity index (χ1n) is 5.07. The number of hydrogen-bond acceptors (Lipinski definition) is 3. The van der Waals surface area contributed by atoms with E-state index >= 15 is 0 Å². The van der Waals surface area contributed by atoms with Crippen molar-refractivity contribution < 1.29 is 9.32 Å². The van der Waals surface area contributed by atoms with E-state index in [2.05, 4.69) is 9.68 Å². The summed E-state index contributed by atoms with van der Waals surface area (Å²) in [6.07, 6.45) is 3.53. The van der Waals surface area contributed by atoms with Crippen LogP contribution in [-0.2, 0) is 0 Å². The number of halogens is 1. The fourth-order valence-corrected chi connectivity index (χ4v) is 2.11. The van der Waals surface area contributed by atoms with Gasteiger partial charge in [0.05, 0.1) is 0 Å². The van der Waals surface area contributed by atoms with Crippen molar-refractivity contribution in [1.29, 1.82) is 0 Å². The van der Waals surface area contributed by atoms with Crippen LogP contribution in [0.5, 0.6) is 0 Å². The molecular weight excluding hydrogens is 216 g/mol. The largest absolute Gasteiger partial charge is 0.364 e. The Bertz CT molecular complexity index is 326. The second-order valence-electron chi connectivity index (χ2n) is 3.80. The molecule has 0 N–H and O–H groups in total. The lowest BCUT2D eigenvalue weighted by Gasteiger charge is -2.31. The molecule has 0 spiro atoms. The molecule has 1 unspecified atom stereocenters. The smallest absolute Gasteiger partial charge is 0.276 e. The van der Waals surface area contributed by atoms with Crippen molar-refractivity contribution in [1.82, 2.24) is 10.1 Å². The Hall–Kier alpha value is -1.03. The van der Waals surface area contributed by atoms with Gasteiger partial charge in [-0.05, 0) is 18.8 Å². The first kappa shape index (κ1) is 10.5. The summed E-state index contributed by atoms with van der Waals surface area (Å²) in [6, 6.07) is 1.59. The number of carbonyl (C=O) groups excluding carboxylic acids is 1. The van der Waals surface area contributed by atoms with E-state index in [1.54, 1.807) is 11.0 Å². The molecule has 1 saturated heterocycles. The van der Waals surface area contributed by atoms with E-state index < -0.39 is 0 Å². The van der Waals surface area contributed by atoms with Crippen LogP contribution in [0.25, 0.3) is 0 Å². The summed E-state index contributed by atoms with van der Waals surface area (Å²) in [6.45, 7) is 1.52. The molecule has 0 bridgehead atoms. The van der Waals surface area contributed by atoms with Crippen molar-refractivity contribution in [3.63, 3.8) is 0 Å². The zero-order valence-corrected chi connectivity index (χ0v) is 9.11. The maximum Gasteiger partial charge on any atom is 0.276 e. The molecule has 4 nitrogen and oxygen atoms in total. The van der Waals surface area contributed by atoms with E-state index in [0.29, 0.717) is 17.5 Å². The van der Waals surface area contributed by atoms with E-state index in [0.717, 1.165) is 25.9 Å². The Balaban J connectivity index is 2.01. The van der Waals surface area contributed by atoms with Gasteiger partial charge in [-0.2, -0.15) is 0 Å². The molecule has 1 aliphatic rings. The number of alkyl halides is 1. The van der Waals surface area contributed by atoms with Gasteiger partial charge in [-0.25, -0.2) is 0 Å². The highest BCUT2D eigenvalue weighted by Crippen LogP contribution is 2.19. The molecule has 82 valence electrons. The highest BCUT2D eigenvalue weighted by molar-refractivity contribution is 6.18. The Kier molecular flexibility index (Phi) is 3.26. The molecule has 0 radical (unpaired) electrons. The van der Waals surface area contributed by atoms with Gasteiger partial charge in [-0.3, -0.25) is 4.79 Å². The van der Waals surface area contributed by atoms with Gasteiger partial charge >= 0.3 is 0 Å². The maximum atomic E-state index is 11.9. The fraction of sp³-hybridized carbons (Fsp3) is 0.600. The molecule has 2 rings (SSSR count). The van der Waals surface area contributed by atoms with Gasteiger partial charge < -0.3 is 9.42 Å². The van der Waals surface area contributed by atoms with E-state index in [4.69, 9.17) is 11.6 Å². The summed E-state index contributed by atoms with van der Waals surface area (Å²) < 4.78 is 4.66. The van der Waals surface area contributed by atoms with Crippen LogP contribution in [0.4, 0.5) is 0 Å². The minimum atomic E-state index is -0.0569. The normalized spacial score (nSPS) is 21.7. The van der Waals surface area contributed by atoms with Gasteiger partial charge in [0.15, 0.2) is 5.69 Å². The number of likely N-dealkylation sites (tertiary alicyclic amines) is 1. The number of rotatable bonds is 2. The van der Waals surface area contributed by atoms with Crippen LogP contribution in [0.3, 0.4) is 0 Å². The third-order valence-corrected chi connectivity index (χ3v) is 3.12. The molecule has 0 aromatic carbocycles. The lowest BCUT2D eigenvalue weighted by Crippen LogP contribution is -2.40. The van der Waals surface area contributed by atoms with E-state index in [-0.39, 0.29) is 5.91 Å². The molecule has 1 amide bonds. The molecule has 0 saturated carbocycles. The molecule has 1 atom stereocenters. The SMILES string of the molecule is O=C(c1ccon1)N1CCCC(CCl)C1. The van der Waals surface area contributed by atoms with Gasteiger partial charge in [0, 0.05) is 25.0 Å². The molecule has 0 aliphatic carbocycles. The third-order valence-electron chi connectivity index (χ3n) is 2.68. The summed E-state index contributed by atoms with van der Waals surface area (Å²) in [5, 5.41) is 3.64. The molecule has 1 aliphatic heterocycles. The monoisotopic (exact) mass is 228 g/mol. The number of carbonyl (C=O) groups is 1. The van der Waals surface area contributed by atoms with E-state index in [1.807, 2.05) is 0 Å². The topological polar surface area (TPSA) is 46.3 Å². The summed E-state index contributed by atoms with van der Waals surface area (Å²) in [5.74, 6) is 0.970. The molecule has 15 heavy (non-hydrogen) atoms. The van der Waals surface area contributed by atoms with Crippen molar-refractivity contribution in [2.75, 3.05) is 19.0 Å². The number of hydrogen-bond donors (Lipinski definition) is 0. The van der Waals surface area contributed by atoms with Crippen molar-refractivity contribution >= 4 is 17.5 Å². The Morgan fingerprint density at radius 3 is 3.27 bits per heavy atom. The summed E-state index contributed by atoms with van der Waals surface area (Å²) in [5.41, 5.74) is 0.380. The average molecular weight is 229 g/mol. The van der Waals surface area contributed by atoms with E-state index in [1.165, 1.54) is 6.26 Å². The summed E-state index contributed by atoms with van der Waals surface area (Å²) >= 11 is 5.80. The fourth-order valence-electron chi connectivity index (χ4n) is 1.86. The molecule has 1 aromatic rings. The standard InChI is InChI=1S/C10H13ClN2O2/c11-6-8-2-1-4-13(7-8)10(14)9-3-5-15-12-9/h3,5,8H,1-2,4,6-7H2. The van der Waals surface area contributed by atoms with Crippen LogP contribution >= 0.6 is 11.6 Å².